The van der Waals surface area contributed by atoms with Crippen molar-refractivity contribution in [2.24, 2.45) is 7.05 Å². The quantitative estimate of drug-likeness (QED) is 0.243. The minimum Gasteiger partial charge on any atom is -0.312 e. The first kappa shape index (κ1) is 22.9. The standard InChI is InChI=1S/C22H15Cl2F3N6S/c1-3-34-21-17(20-30-16-6-13(22(25,26)27)9-29-18(16)32(20)2)19-28-8-12(10-33(19)31-21)11-4-14(23)7-15(24)5-11/h4-10H,3H2,1-2H3. The lowest BCUT2D eigenvalue weighted by Crippen LogP contribution is -2.05. The van der Waals surface area contributed by atoms with Crippen LogP contribution in [-0.2, 0) is 13.2 Å². The van der Waals surface area contributed by atoms with Crippen molar-refractivity contribution in [1.29, 1.82) is 0 Å². The van der Waals surface area contributed by atoms with Gasteiger partial charge >= 0.3 is 6.18 Å². The molecule has 5 aromatic rings. The fourth-order valence-electron chi connectivity index (χ4n) is 3.67. The predicted molar refractivity (Wildman–Crippen MR) is 127 cm³/mol. The number of hydrogen-bond acceptors (Lipinski definition) is 5. The molecule has 4 heterocycles. The number of rotatable bonds is 4. The molecule has 5 rings (SSSR count). The number of fused-ring (bicyclic) bond motifs is 2. The number of nitrogens with zero attached hydrogens (tertiary/aromatic N) is 6. The second-order valence-electron chi connectivity index (χ2n) is 7.44. The highest BCUT2D eigenvalue weighted by atomic mass is 35.5. The highest BCUT2D eigenvalue weighted by Crippen LogP contribution is 2.37. The third-order valence-electron chi connectivity index (χ3n) is 5.18. The zero-order valence-corrected chi connectivity index (χ0v) is 20.1. The Morgan fingerprint density at radius 3 is 2.35 bits per heavy atom. The maximum Gasteiger partial charge on any atom is 0.417 e. The van der Waals surface area contributed by atoms with Crippen LogP contribution in [0.2, 0.25) is 10.0 Å². The van der Waals surface area contributed by atoms with Crippen molar-refractivity contribution in [2.45, 2.75) is 18.1 Å². The van der Waals surface area contributed by atoms with Gasteiger partial charge in [-0.25, -0.2) is 19.5 Å². The van der Waals surface area contributed by atoms with Gasteiger partial charge in [-0.1, -0.05) is 30.1 Å². The Morgan fingerprint density at radius 1 is 0.971 bits per heavy atom. The van der Waals surface area contributed by atoms with E-state index in [0.717, 1.165) is 29.1 Å². The summed E-state index contributed by atoms with van der Waals surface area (Å²) >= 11 is 13.8. The number of pyridine rings is 1. The SMILES string of the molecule is CCSc1nn2cc(-c3cc(Cl)cc(Cl)c3)cnc2c1-c1nc2cc(C(F)(F)F)cnc2n1C. The molecule has 0 amide bonds. The topological polar surface area (TPSA) is 60.9 Å². The normalized spacial score (nSPS) is 12.2. The van der Waals surface area contributed by atoms with E-state index in [9.17, 15) is 13.2 Å². The average Bonchev–Trinajstić information content (AvgIpc) is 3.28. The number of alkyl halides is 3. The van der Waals surface area contributed by atoms with Crippen LogP contribution in [0.3, 0.4) is 0 Å². The van der Waals surface area contributed by atoms with Crippen LogP contribution in [0.4, 0.5) is 13.2 Å². The van der Waals surface area contributed by atoms with E-state index in [0.29, 0.717) is 37.8 Å². The Labute approximate surface area is 205 Å². The largest absolute Gasteiger partial charge is 0.417 e. The maximum atomic E-state index is 13.2. The van der Waals surface area contributed by atoms with Crippen molar-refractivity contribution in [3.63, 3.8) is 0 Å². The van der Waals surface area contributed by atoms with Crippen LogP contribution in [0.5, 0.6) is 0 Å². The summed E-state index contributed by atoms with van der Waals surface area (Å²) < 4.78 is 42.8. The van der Waals surface area contributed by atoms with E-state index in [4.69, 9.17) is 23.2 Å². The van der Waals surface area contributed by atoms with E-state index >= 15 is 0 Å². The first-order valence-electron chi connectivity index (χ1n) is 10.0. The molecule has 0 atom stereocenters. The number of aryl methyl sites for hydroxylation is 1. The fraction of sp³-hybridized carbons (Fsp3) is 0.182. The zero-order valence-electron chi connectivity index (χ0n) is 17.7. The Morgan fingerprint density at radius 2 is 1.68 bits per heavy atom. The summed E-state index contributed by atoms with van der Waals surface area (Å²) in [5, 5.41) is 6.33. The maximum absolute atomic E-state index is 13.2. The average molecular weight is 523 g/mol. The molecule has 0 unspecified atom stereocenters. The van der Waals surface area contributed by atoms with Gasteiger partial charge in [-0.05, 0) is 35.6 Å². The molecule has 6 nitrogen and oxygen atoms in total. The van der Waals surface area contributed by atoms with Crippen LogP contribution >= 0.6 is 35.0 Å². The zero-order chi connectivity index (χ0) is 24.2. The second kappa shape index (κ2) is 8.44. The third kappa shape index (κ3) is 3.99. The summed E-state index contributed by atoms with van der Waals surface area (Å²) in [5.74, 6) is 1.16. The lowest BCUT2D eigenvalue weighted by atomic mass is 10.1. The molecule has 0 aliphatic carbocycles. The molecule has 174 valence electrons. The molecule has 0 N–H and O–H groups in total. The Hall–Kier alpha value is -2.82. The molecule has 0 radical (unpaired) electrons. The van der Waals surface area contributed by atoms with E-state index in [-0.39, 0.29) is 5.52 Å². The monoisotopic (exact) mass is 522 g/mol. The molecule has 4 aromatic heterocycles. The Bertz CT molecular complexity index is 1540. The molecular formula is C22H15Cl2F3N6S. The summed E-state index contributed by atoms with van der Waals surface area (Å²) in [6.07, 6.45) is -0.221. The lowest BCUT2D eigenvalue weighted by Gasteiger charge is -2.05. The molecule has 0 bridgehead atoms. The van der Waals surface area contributed by atoms with Gasteiger partial charge in [0.1, 0.15) is 16.4 Å². The van der Waals surface area contributed by atoms with Crippen LogP contribution in [0, 0.1) is 0 Å². The summed E-state index contributed by atoms with van der Waals surface area (Å²) in [5.41, 5.74) is 2.29. The first-order chi connectivity index (χ1) is 16.2. The van der Waals surface area contributed by atoms with E-state index in [2.05, 4.69) is 20.1 Å². The molecule has 0 saturated heterocycles. The highest BCUT2D eigenvalue weighted by molar-refractivity contribution is 7.99. The van der Waals surface area contributed by atoms with Gasteiger partial charge in [0.05, 0.1) is 11.1 Å². The fourth-order valence-corrected chi connectivity index (χ4v) is 4.94. The van der Waals surface area contributed by atoms with Crippen LogP contribution in [0.25, 0.3) is 39.3 Å². The van der Waals surface area contributed by atoms with E-state index < -0.39 is 11.7 Å². The van der Waals surface area contributed by atoms with Gasteiger partial charge in [0, 0.05) is 41.2 Å². The number of halogens is 5. The number of thioether (sulfide) groups is 1. The Balaban J connectivity index is 1.70. The molecule has 12 heteroatoms. The molecule has 0 spiro atoms. The summed E-state index contributed by atoms with van der Waals surface area (Å²) in [4.78, 5) is 13.1. The van der Waals surface area contributed by atoms with Gasteiger partial charge in [0.15, 0.2) is 11.3 Å². The minimum atomic E-state index is -4.51. The molecule has 34 heavy (non-hydrogen) atoms. The molecule has 0 fully saturated rings. The minimum absolute atomic E-state index is 0.143. The van der Waals surface area contributed by atoms with Crippen LogP contribution in [0.1, 0.15) is 12.5 Å². The van der Waals surface area contributed by atoms with Crippen LogP contribution < -0.4 is 0 Å². The van der Waals surface area contributed by atoms with Gasteiger partial charge in [-0.15, -0.1) is 11.8 Å². The third-order valence-corrected chi connectivity index (χ3v) is 6.46. The highest BCUT2D eigenvalue weighted by Gasteiger charge is 2.32. The van der Waals surface area contributed by atoms with Crippen molar-refractivity contribution in [3.05, 3.63) is 58.5 Å². The van der Waals surface area contributed by atoms with E-state index in [1.807, 2.05) is 6.92 Å². The van der Waals surface area contributed by atoms with Crippen molar-refractivity contribution in [2.75, 3.05) is 5.75 Å². The van der Waals surface area contributed by atoms with Crippen molar-refractivity contribution in [1.82, 2.24) is 29.1 Å². The van der Waals surface area contributed by atoms with Crippen LogP contribution in [-0.4, -0.2) is 34.9 Å². The number of hydrogen-bond donors (Lipinski definition) is 0. The molecule has 0 aliphatic rings. The first-order valence-corrected chi connectivity index (χ1v) is 11.8. The number of aromatic nitrogens is 6. The van der Waals surface area contributed by atoms with Crippen molar-refractivity contribution < 1.29 is 13.2 Å². The predicted octanol–water partition coefficient (Wildman–Crippen LogP) is 6.78. The number of imidazole rings is 1. The second-order valence-corrected chi connectivity index (χ2v) is 9.57. The van der Waals surface area contributed by atoms with Gasteiger partial charge < -0.3 is 4.57 Å². The van der Waals surface area contributed by atoms with Crippen LogP contribution in [0.15, 0.2) is 47.9 Å². The van der Waals surface area contributed by atoms with Gasteiger partial charge in [-0.2, -0.15) is 18.3 Å². The molecular weight excluding hydrogens is 508 g/mol. The molecule has 0 saturated carbocycles. The van der Waals surface area contributed by atoms with E-state index in [1.54, 1.807) is 46.7 Å². The summed E-state index contributed by atoms with van der Waals surface area (Å²) in [7, 11) is 1.71. The summed E-state index contributed by atoms with van der Waals surface area (Å²) in [6.45, 7) is 1.98. The van der Waals surface area contributed by atoms with Gasteiger partial charge in [0.2, 0.25) is 0 Å². The smallest absolute Gasteiger partial charge is 0.312 e. The summed E-state index contributed by atoms with van der Waals surface area (Å²) in [6, 6.07) is 6.19. The van der Waals surface area contributed by atoms with E-state index in [1.165, 1.54) is 11.8 Å². The molecule has 0 aliphatic heterocycles. The van der Waals surface area contributed by atoms with Crippen molar-refractivity contribution in [3.8, 4) is 22.5 Å². The lowest BCUT2D eigenvalue weighted by molar-refractivity contribution is -0.137. The van der Waals surface area contributed by atoms with Crippen molar-refractivity contribution >= 4 is 51.8 Å². The van der Waals surface area contributed by atoms with Gasteiger partial charge in [0.25, 0.3) is 0 Å². The molecule has 1 aromatic carbocycles. The van der Waals surface area contributed by atoms with Gasteiger partial charge in [-0.3, -0.25) is 0 Å². The number of benzene rings is 1. The Kier molecular flexibility index (Phi) is 5.70.